The summed E-state index contributed by atoms with van der Waals surface area (Å²) in [4.78, 5) is 0. The number of halogens is 13. The highest BCUT2D eigenvalue weighted by Gasteiger charge is 2.85. The van der Waals surface area contributed by atoms with E-state index < -0.39 is 58.1 Å². The summed E-state index contributed by atoms with van der Waals surface area (Å²) < 4.78 is 193. The van der Waals surface area contributed by atoms with Crippen LogP contribution in [0.5, 0.6) is 0 Å². The predicted molar refractivity (Wildman–Crippen MR) is 67.0 cm³/mol. The highest BCUT2D eigenvalue weighted by atomic mass is 32.2. The highest BCUT2D eigenvalue weighted by Crippen LogP contribution is 2.56. The summed E-state index contributed by atoms with van der Waals surface area (Å²) in [6.07, 6.45) is -15.1. The summed E-state index contributed by atoms with van der Waals surface area (Å²) in [5.74, 6) is -30.1. The lowest BCUT2D eigenvalue weighted by Gasteiger charge is -2.38. The van der Waals surface area contributed by atoms with Gasteiger partial charge in [0.1, 0.15) is 0 Å². The largest absolute Gasteiger partial charge is 0.382 e. The molecule has 0 aliphatic rings. The molecule has 0 radical (unpaired) electrons. The Morgan fingerprint density at radius 3 is 1.29 bits per heavy atom. The van der Waals surface area contributed by atoms with Gasteiger partial charge in [-0.25, -0.2) is 22.0 Å². The summed E-state index contributed by atoms with van der Waals surface area (Å²) in [6.45, 7) is 0. The van der Waals surface area contributed by atoms with Crippen LogP contribution in [0.25, 0.3) is 0 Å². The predicted octanol–water partition coefficient (Wildman–Crippen LogP) is 3.49. The van der Waals surface area contributed by atoms with Gasteiger partial charge in [0.2, 0.25) is 6.17 Å². The Kier molecular flexibility index (Phi) is 9.57. The van der Waals surface area contributed by atoms with Crippen LogP contribution in [0.15, 0.2) is 0 Å². The minimum absolute atomic E-state index is 1.88. The van der Waals surface area contributed by atoms with Gasteiger partial charge in [0.05, 0.1) is 0 Å². The first-order valence-electron chi connectivity index (χ1n) is 6.35. The molecule has 0 fully saturated rings. The van der Waals surface area contributed by atoms with Gasteiger partial charge in [0, 0.05) is 0 Å². The van der Waals surface area contributed by atoms with Crippen molar-refractivity contribution < 1.29 is 70.0 Å². The molecule has 0 heterocycles. The maximum absolute atomic E-state index is 13.0. The molecule has 3 unspecified atom stereocenters. The molecule has 4 nitrogen and oxygen atoms in total. The first-order chi connectivity index (χ1) is 12.1. The molecule has 0 rings (SSSR count). The van der Waals surface area contributed by atoms with Crippen LogP contribution in [0.4, 0.5) is 57.1 Å². The minimum atomic E-state index is -7.77. The zero-order chi connectivity index (χ0) is 23.5. The molecule has 3 atom stereocenters. The van der Waals surface area contributed by atoms with Gasteiger partial charge in [0.15, 0.2) is 6.17 Å². The molecule has 0 aromatic carbocycles. The lowest BCUT2D eigenvalue weighted by atomic mass is 9.94. The van der Waals surface area contributed by atoms with Gasteiger partial charge in [0.25, 0.3) is 11.9 Å². The first-order valence-corrected chi connectivity index (χ1v) is 7.85. The van der Waals surface area contributed by atoms with Crippen LogP contribution in [-0.4, -0.2) is 75.0 Å². The summed E-state index contributed by atoms with van der Waals surface area (Å²) in [7, 11) is -3.11. The fraction of sp³-hybridized carbons (Fsp3) is 1.00. The molecule has 0 saturated heterocycles. The highest BCUT2D eigenvalue weighted by molar-refractivity contribution is 7.86. The number of alkyl halides is 13. The molecule has 172 valence electrons. The molecule has 28 heavy (non-hydrogen) atoms. The Balaban J connectivity index is 0. The van der Waals surface area contributed by atoms with Gasteiger partial charge in [-0.3, -0.25) is 4.55 Å². The van der Waals surface area contributed by atoms with E-state index in [0.717, 1.165) is 0 Å². The third kappa shape index (κ3) is 5.31. The van der Waals surface area contributed by atoms with Gasteiger partial charge in [-0.15, -0.1) is 0 Å². The molecular weight excluding hydrogens is 461 g/mol. The Bertz CT molecular complexity index is 597. The second kappa shape index (κ2) is 9.19. The van der Waals surface area contributed by atoms with Crippen LogP contribution in [0.3, 0.4) is 0 Å². The summed E-state index contributed by atoms with van der Waals surface area (Å²) >= 11 is 0. The maximum Gasteiger partial charge on any atom is 0.382 e. The van der Waals surface area contributed by atoms with Crippen LogP contribution in [0, 0.1) is 0 Å². The maximum atomic E-state index is 13.0. The fourth-order valence-electron chi connectivity index (χ4n) is 1.25. The Labute approximate surface area is 148 Å². The van der Waals surface area contributed by atoms with E-state index in [1.807, 2.05) is 14.1 Å². The molecule has 0 amide bonds. The van der Waals surface area contributed by atoms with Crippen molar-refractivity contribution in [1.82, 2.24) is 5.32 Å². The van der Waals surface area contributed by atoms with E-state index in [2.05, 4.69) is 5.32 Å². The van der Waals surface area contributed by atoms with E-state index in [0.29, 0.717) is 0 Å². The third-order valence-electron chi connectivity index (χ3n) is 2.64. The lowest BCUT2D eigenvalue weighted by Crippen LogP contribution is -2.68. The van der Waals surface area contributed by atoms with E-state index in [1.54, 1.807) is 0 Å². The van der Waals surface area contributed by atoms with Crippen molar-refractivity contribution in [3.8, 4) is 0 Å². The smallest absolute Gasteiger partial charge is 0.323 e. The molecule has 0 aromatic heterocycles. The van der Waals surface area contributed by atoms with Crippen molar-refractivity contribution in [2.24, 2.45) is 0 Å². The van der Waals surface area contributed by atoms with E-state index in [4.69, 9.17) is 4.55 Å². The Morgan fingerprint density at radius 2 is 1.04 bits per heavy atom. The van der Waals surface area contributed by atoms with Crippen LogP contribution in [0.1, 0.15) is 0 Å². The number of rotatable bonds is 8. The monoisotopic (exact) mass is 473 g/mol. The molecule has 0 aliphatic heterocycles. The average molecular weight is 473 g/mol. The molecule has 0 aliphatic carbocycles. The van der Waals surface area contributed by atoms with Gasteiger partial charge in [-0.05, 0) is 14.1 Å². The van der Waals surface area contributed by atoms with Crippen LogP contribution < -0.4 is 5.32 Å². The van der Waals surface area contributed by atoms with E-state index in [-0.39, 0.29) is 0 Å². The zero-order valence-electron chi connectivity index (χ0n) is 13.4. The van der Waals surface area contributed by atoms with Gasteiger partial charge in [-0.1, -0.05) is 0 Å². The van der Waals surface area contributed by atoms with Crippen molar-refractivity contribution in [2.75, 3.05) is 14.1 Å². The van der Waals surface area contributed by atoms with Crippen LogP contribution in [0.2, 0.25) is 0 Å². The molecule has 0 spiro atoms. The molecule has 18 heteroatoms. The van der Waals surface area contributed by atoms with Crippen molar-refractivity contribution in [1.29, 1.82) is 0 Å². The zero-order valence-corrected chi connectivity index (χ0v) is 14.2. The third-order valence-corrected chi connectivity index (χ3v) is 3.46. The van der Waals surface area contributed by atoms with Gasteiger partial charge in [-0.2, -0.15) is 43.5 Å². The van der Waals surface area contributed by atoms with E-state index >= 15 is 0 Å². The molecule has 0 bridgehead atoms. The fourth-order valence-corrected chi connectivity index (χ4v) is 1.77. The van der Waals surface area contributed by atoms with Crippen LogP contribution in [-0.2, 0) is 10.1 Å². The SMILES string of the molecule is CNC.O=S(=O)(O)C(F)C(F)(F)C(F)(F)C(F)(F)C(F)(F)C(F)C(F)C(F)F. The number of hydrogen-bond donors (Lipinski definition) is 2. The number of hydrogen-bond acceptors (Lipinski definition) is 3. The molecule has 0 saturated carbocycles. The summed E-state index contributed by atoms with van der Waals surface area (Å²) in [5, 5.41) is 2.75. The van der Waals surface area contributed by atoms with Crippen LogP contribution >= 0.6 is 0 Å². The Hall–Kier alpha value is -1.04. The lowest BCUT2D eigenvalue weighted by molar-refractivity contribution is -0.382. The van der Waals surface area contributed by atoms with E-state index in [1.165, 1.54) is 0 Å². The van der Waals surface area contributed by atoms with Crippen molar-refractivity contribution in [3.05, 3.63) is 0 Å². The molecular formula is C10H12F13NO3S. The van der Waals surface area contributed by atoms with Gasteiger partial charge < -0.3 is 5.32 Å². The van der Waals surface area contributed by atoms with Gasteiger partial charge >= 0.3 is 33.8 Å². The summed E-state index contributed by atoms with van der Waals surface area (Å²) in [5.41, 5.74) is -5.59. The second-order valence-corrected chi connectivity index (χ2v) is 6.35. The Morgan fingerprint density at radius 1 is 0.750 bits per heavy atom. The quantitative estimate of drug-likeness (QED) is 0.419. The minimum Gasteiger partial charge on any atom is -0.323 e. The molecule has 0 aromatic rings. The summed E-state index contributed by atoms with van der Waals surface area (Å²) in [6, 6.07) is 0. The van der Waals surface area contributed by atoms with E-state index in [9.17, 15) is 65.5 Å². The van der Waals surface area contributed by atoms with Crippen molar-refractivity contribution >= 4 is 10.1 Å². The standard InChI is InChI=1S/C8H5F13O3S.C2H7N/c9-1(3(11)12)2(10)5(14,15)7(18,19)8(20,21)6(16,17)4(13)25(22,23)24;1-3-2/h1-4H,(H,22,23,24);3H,1-2H3. The van der Waals surface area contributed by atoms with Crippen molar-refractivity contribution in [2.45, 2.75) is 48.0 Å². The average Bonchev–Trinajstić information content (AvgIpc) is 2.51. The van der Waals surface area contributed by atoms with Crippen molar-refractivity contribution in [3.63, 3.8) is 0 Å². The molecule has 2 N–H and O–H groups in total. The number of nitrogens with one attached hydrogen (secondary N) is 1. The normalized spacial score (nSPS) is 17.6. The first kappa shape index (κ1) is 29.2. The topological polar surface area (TPSA) is 66.4 Å². The second-order valence-electron chi connectivity index (χ2n) is 4.91.